The molecule has 6 heteroatoms. The van der Waals surface area contributed by atoms with Gasteiger partial charge in [-0.05, 0) is 12.1 Å². The van der Waals surface area contributed by atoms with Gasteiger partial charge in [-0.2, -0.15) is 13.2 Å². The van der Waals surface area contributed by atoms with E-state index in [2.05, 4.69) is 10.6 Å². The van der Waals surface area contributed by atoms with Gasteiger partial charge in [0.2, 0.25) is 0 Å². The molecule has 0 amide bonds. The summed E-state index contributed by atoms with van der Waals surface area (Å²) >= 11 is 0. The van der Waals surface area contributed by atoms with Crippen LogP contribution >= 0.6 is 0 Å². The second-order valence-corrected chi connectivity index (χ2v) is 3.37. The van der Waals surface area contributed by atoms with Crippen molar-refractivity contribution in [3.63, 3.8) is 0 Å². The van der Waals surface area contributed by atoms with E-state index in [-0.39, 0.29) is 0 Å². The fourth-order valence-corrected chi connectivity index (χ4v) is 1.20. The topological polar surface area (TPSA) is 37.2 Å². The van der Waals surface area contributed by atoms with Crippen molar-refractivity contribution < 1.29 is 17.6 Å². The molecule has 1 heterocycles. The van der Waals surface area contributed by atoms with Gasteiger partial charge in [0.25, 0.3) is 0 Å². The Hall–Kier alpha value is -1.01. The Morgan fingerprint density at radius 2 is 1.88 bits per heavy atom. The van der Waals surface area contributed by atoms with Gasteiger partial charge < -0.3 is 15.1 Å². The Morgan fingerprint density at radius 1 is 1.12 bits per heavy atom. The first kappa shape index (κ1) is 13.1. The molecule has 0 atom stereocenters. The molecule has 0 aliphatic rings. The predicted octanol–water partition coefficient (Wildman–Crippen LogP) is 1.56. The normalized spacial score (nSPS) is 11.9. The van der Waals surface area contributed by atoms with E-state index in [1.807, 2.05) is 6.07 Å². The van der Waals surface area contributed by atoms with E-state index in [9.17, 15) is 13.2 Å². The number of alkyl halides is 3. The van der Waals surface area contributed by atoms with Gasteiger partial charge in [-0.25, -0.2) is 0 Å². The Kier molecular flexibility index (Phi) is 5.34. The Labute approximate surface area is 92.0 Å². The third-order valence-electron chi connectivity index (χ3n) is 1.93. The van der Waals surface area contributed by atoms with Crippen LogP contribution in [0.5, 0.6) is 0 Å². The molecule has 92 valence electrons. The van der Waals surface area contributed by atoms with E-state index in [4.69, 9.17) is 4.42 Å². The first-order valence-electron chi connectivity index (χ1n) is 5.08. The summed E-state index contributed by atoms with van der Waals surface area (Å²) in [5.41, 5.74) is 0. The van der Waals surface area contributed by atoms with Crippen molar-refractivity contribution in [2.75, 3.05) is 26.2 Å². The second-order valence-electron chi connectivity index (χ2n) is 3.37. The monoisotopic (exact) mass is 236 g/mol. The molecule has 0 saturated heterocycles. The van der Waals surface area contributed by atoms with Crippen LogP contribution < -0.4 is 10.6 Å². The number of hydrogen-bond donors (Lipinski definition) is 2. The fraction of sp³-hybridized carbons (Fsp3) is 0.600. The Morgan fingerprint density at radius 3 is 2.50 bits per heavy atom. The molecular weight excluding hydrogens is 221 g/mol. The summed E-state index contributed by atoms with van der Waals surface area (Å²) in [5, 5.41) is 5.33. The highest BCUT2D eigenvalue weighted by atomic mass is 19.4. The largest absolute Gasteiger partial charge is 0.469 e. The summed E-state index contributed by atoms with van der Waals surface area (Å²) in [6, 6.07) is 3.67. The zero-order valence-electron chi connectivity index (χ0n) is 8.81. The number of rotatable bonds is 7. The maximum absolute atomic E-state index is 11.7. The lowest BCUT2D eigenvalue weighted by Gasteiger charge is -2.08. The summed E-state index contributed by atoms with van der Waals surface area (Å²) in [7, 11) is 0. The van der Waals surface area contributed by atoms with Crippen molar-refractivity contribution in [3.05, 3.63) is 24.2 Å². The number of halogens is 3. The van der Waals surface area contributed by atoms with Crippen molar-refractivity contribution in [2.45, 2.75) is 12.6 Å². The molecule has 2 N–H and O–H groups in total. The average molecular weight is 236 g/mol. The molecule has 0 aliphatic carbocycles. The summed E-state index contributed by atoms with van der Waals surface area (Å²) in [6.45, 7) is 0.572. The molecule has 16 heavy (non-hydrogen) atoms. The number of nitrogens with one attached hydrogen (secondary N) is 2. The van der Waals surface area contributed by atoms with Crippen molar-refractivity contribution in [1.29, 1.82) is 0 Å². The molecule has 1 aromatic heterocycles. The van der Waals surface area contributed by atoms with E-state index in [1.54, 1.807) is 12.3 Å². The third kappa shape index (κ3) is 6.47. The first-order chi connectivity index (χ1) is 7.58. The molecule has 0 spiro atoms. The maximum atomic E-state index is 11.7. The van der Waals surface area contributed by atoms with Crippen LogP contribution in [0.1, 0.15) is 5.76 Å². The van der Waals surface area contributed by atoms with Gasteiger partial charge in [0.15, 0.2) is 0 Å². The van der Waals surface area contributed by atoms with Gasteiger partial charge in [0.1, 0.15) is 5.76 Å². The van der Waals surface area contributed by atoms with E-state index in [0.717, 1.165) is 12.2 Å². The van der Waals surface area contributed by atoms with Gasteiger partial charge in [-0.3, -0.25) is 0 Å². The van der Waals surface area contributed by atoms with Crippen molar-refractivity contribution in [3.8, 4) is 0 Å². The van der Waals surface area contributed by atoms with Gasteiger partial charge in [0.05, 0.1) is 12.8 Å². The minimum Gasteiger partial charge on any atom is -0.469 e. The average Bonchev–Trinajstić information content (AvgIpc) is 2.67. The van der Waals surface area contributed by atoms with Crippen LogP contribution in [-0.4, -0.2) is 32.4 Å². The zero-order chi connectivity index (χ0) is 11.9. The standard InChI is InChI=1S/C10H15F3N2O/c11-10(12,13)8-15-6-5-14-4-3-9-2-1-7-16-9/h1-2,7,14-15H,3-6,8H2. The summed E-state index contributed by atoms with van der Waals surface area (Å²) in [6.07, 6.45) is -1.79. The highest BCUT2D eigenvalue weighted by Gasteiger charge is 2.25. The van der Waals surface area contributed by atoms with Crippen LogP contribution in [0, 0.1) is 0 Å². The van der Waals surface area contributed by atoms with Crippen LogP contribution in [0.15, 0.2) is 22.8 Å². The number of hydrogen-bond acceptors (Lipinski definition) is 3. The first-order valence-corrected chi connectivity index (χ1v) is 5.08. The van der Waals surface area contributed by atoms with E-state index >= 15 is 0 Å². The van der Waals surface area contributed by atoms with E-state index in [0.29, 0.717) is 19.6 Å². The van der Waals surface area contributed by atoms with Crippen LogP contribution in [-0.2, 0) is 6.42 Å². The highest BCUT2D eigenvalue weighted by Crippen LogP contribution is 2.11. The SMILES string of the molecule is FC(F)(F)CNCCNCCc1ccco1. The molecule has 0 unspecified atom stereocenters. The molecule has 0 aromatic carbocycles. The second kappa shape index (κ2) is 6.55. The number of furan rings is 1. The molecule has 0 bridgehead atoms. The van der Waals surface area contributed by atoms with E-state index in [1.165, 1.54) is 0 Å². The molecule has 3 nitrogen and oxygen atoms in total. The summed E-state index contributed by atoms with van der Waals surface area (Å²) in [5.74, 6) is 0.871. The summed E-state index contributed by atoms with van der Waals surface area (Å²) in [4.78, 5) is 0. The fourth-order valence-electron chi connectivity index (χ4n) is 1.20. The lowest BCUT2D eigenvalue weighted by Crippen LogP contribution is -2.34. The third-order valence-corrected chi connectivity index (χ3v) is 1.93. The van der Waals surface area contributed by atoms with Crippen LogP contribution in [0.3, 0.4) is 0 Å². The predicted molar refractivity (Wildman–Crippen MR) is 54.2 cm³/mol. The van der Waals surface area contributed by atoms with E-state index < -0.39 is 12.7 Å². The van der Waals surface area contributed by atoms with Crippen LogP contribution in [0.25, 0.3) is 0 Å². The molecular formula is C10H15F3N2O. The summed E-state index contributed by atoms with van der Waals surface area (Å²) < 4.78 is 40.3. The van der Waals surface area contributed by atoms with Crippen molar-refractivity contribution in [1.82, 2.24) is 10.6 Å². The van der Waals surface area contributed by atoms with Gasteiger partial charge >= 0.3 is 6.18 Å². The lowest BCUT2D eigenvalue weighted by molar-refractivity contribution is -0.124. The minimum atomic E-state index is -4.13. The zero-order valence-corrected chi connectivity index (χ0v) is 8.81. The van der Waals surface area contributed by atoms with Gasteiger partial charge in [-0.15, -0.1) is 0 Å². The molecule has 1 rings (SSSR count). The van der Waals surface area contributed by atoms with Crippen LogP contribution in [0.4, 0.5) is 13.2 Å². The van der Waals surface area contributed by atoms with Crippen molar-refractivity contribution in [2.24, 2.45) is 0 Å². The lowest BCUT2D eigenvalue weighted by atomic mass is 10.3. The molecule has 1 aromatic rings. The Balaban J connectivity index is 1.89. The smallest absolute Gasteiger partial charge is 0.401 e. The van der Waals surface area contributed by atoms with Crippen molar-refractivity contribution >= 4 is 0 Å². The highest BCUT2D eigenvalue weighted by molar-refractivity contribution is 4.98. The quantitative estimate of drug-likeness (QED) is 0.705. The minimum absolute atomic E-state index is 0.303. The Bertz CT molecular complexity index is 272. The molecule has 0 saturated carbocycles. The van der Waals surface area contributed by atoms with Gasteiger partial charge in [0, 0.05) is 26.1 Å². The maximum Gasteiger partial charge on any atom is 0.401 e. The molecule has 0 aliphatic heterocycles. The van der Waals surface area contributed by atoms with Gasteiger partial charge in [-0.1, -0.05) is 0 Å². The molecule has 0 fully saturated rings. The van der Waals surface area contributed by atoms with Crippen LogP contribution in [0.2, 0.25) is 0 Å². The molecule has 0 radical (unpaired) electrons.